The predicted molar refractivity (Wildman–Crippen MR) is 109 cm³/mol. The fourth-order valence-corrected chi connectivity index (χ4v) is 4.65. The highest BCUT2D eigenvalue weighted by molar-refractivity contribution is 8.00. The Labute approximate surface area is 162 Å². The van der Waals surface area contributed by atoms with E-state index in [-0.39, 0.29) is 5.91 Å². The van der Waals surface area contributed by atoms with Gasteiger partial charge in [-0.05, 0) is 55.5 Å². The minimum Gasteiger partial charge on any atom is -0.325 e. The van der Waals surface area contributed by atoms with E-state index in [1.807, 2.05) is 24.3 Å². The largest absolute Gasteiger partial charge is 0.325 e. The van der Waals surface area contributed by atoms with Gasteiger partial charge in [0.15, 0.2) is 0 Å². The van der Waals surface area contributed by atoms with Crippen LogP contribution in [-0.2, 0) is 17.6 Å². The second-order valence-electron chi connectivity index (χ2n) is 6.44. The zero-order valence-electron chi connectivity index (χ0n) is 14.3. The number of benzene rings is 2. The number of nitrogens with one attached hydrogen (secondary N) is 1. The van der Waals surface area contributed by atoms with Crippen LogP contribution in [0.2, 0.25) is 5.02 Å². The first-order chi connectivity index (χ1) is 12.7. The molecule has 0 atom stereocenters. The number of fused-ring (bicyclic) bond motifs is 2. The molecule has 3 aromatic rings. The maximum Gasteiger partial charge on any atom is 0.234 e. The van der Waals surface area contributed by atoms with E-state index in [4.69, 9.17) is 16.6 Å². The standard InChI is InChI=1S/C21H19ClN2OS/c22-14-6-5-7-15(12-14)23-20(25)13-26-21-16-8-1-3-10-18(16)24-19-11-4-2-9-17(19)21/h1,3,5-8,10,12H,2,4,9,11,13H2,(H,23,25). The van der Waals surface area contributed by atoms with Gasteiger partial charge < -0.3 is 5.32 Å². The fourth-order valence-electron chi connectivity index (χ4n) is 3.39. The molecular weight excluding hydrogens is 364 g/mol. The third-order valence-corrected chi connectivity index (χ3v) is 5.97. The molecule has 5 heteroatoms. The van der Waals surface area contributed by atoms with Crippen molar-refractivity contribution in [2.75, 3.05) is 11.1 Å². The number of para-hydroxylation sites is 1. The molecule has 0 spiro atoms. The minimum absolute atomic E-state index is 0.0253. The predicted octanol–water partition coefficient (Wildman–Crippen LogP) is 5.50. The van der Waals surface area contributed by atoms with Gasteiger partial charge in [-0.25, -0.2) is 0 Å². The molecule has 0 fully saturated rings. The van der Waals surface area contributed by atoms with E-state index in [2.05, 4.69) is 17.4 Å². The summed E-state index contributed by atoms with van der Waals surface area (Å²) in [4.78, 5) is 18.5. The van der Waals surface area contributed by atoms with Crippen LogP contribution < -0.4 is 5.32 Å². The van der Waals surface area contributed by atoms with E-state index >= 15 is 0 Å². The molecule has 0 aliphatic heterocycles. The number of carbonyl (C=O) groups is 1. The van der Waals surface area contributed by atoms with Crippen LogP contribution >= 0.6 is 23.4 Å². The van der Waals surface area contributed by atoms with Gasteiger partial charge in [0, 0.05) is 26.7 Å². The molecule has 0 unspecified atom stereocenters. The summed E-state index contributed by atoms with van der Waals surface area (Å²) in [6, 6.07) is 15.4. The Balaban J connectivity index is 1.57. The van der Waals surface area contributed by atoms with Crippen LogP contribution in [0.1, 0.15) is 24.1 Å². The molecule has 1 aliphatic rings. The van der Waals surface area contributed by atoms with Crippen LogP contribution in [-0.4, -0.2) is 16.6 Å². The number of amides is 1. The average molecular weight is 383 g/mol. The first-order valence-corrected chi connectivity index (χ1v) is 10.2. The Morgan fingerprint density at radius 3 is 2.85 bits per heavy atom. The van der Waals surface area contributed by atoms with Gasteiger partial charge in [-0.3, -0.25) is 9.78 Å². The van der Waals surface area contributed by atoms with Crippen molar-refractivity contribution in [2.45, 2.75) is 30.6 Å². The number of carbonyl (C=O) groups excluding carboxylic acids is 1. The summed E-state index contributed by atoms with van der Waals surface area (Å²) in [5, 5.41) is 4.68. The van der Waals surface area contributed by atoms with Gasteiger partial charge in [0.2, 0.25) is 5.91 Å². The third kappa shape index (κ3) is 3.71. The number of aryl methyl sites for hydroxylation is 1. The van der Waals surface area contributed by atoms with Crippen LogP contribution in [0.25, 0.3) is 10.9 Å². The normalized spacial score (nSPS) is 13.4. The number of thioether (sulfide) groups is 1. The van der Waals surface area contributed by atoms with E-state index in [0.29, 0.717) is 10.8 Å². The van der Waals surface area contributed by atoms with Gasteiger partial charge in [-0.1, -0.05) is 35.9 Å². The molecule has 1 aromatic heterocycles. The number of hydrogen-bond acceptors (Lipinski definition) is 3. The fraction of sp³-hybridized carbons (Fsp3) is 0.238. The van der Waals surface area contributed by atoms with Gasteiger partial charge in [0.05, 0.1) is 11.3 Å². The number of halogens is 1. The second-order valence-corrected chi connectivity index (χ2v) is 7.86. The van der Waals surface area contributed by atoms with Gasteiger partial charge in [0.1, 0.15) is 0 Å². The van der Waals surface area contributed by atoms with E-state index in [1.54, 1.807) is 23.9 Å². The Bertz CT molecular complexity index is 973. The van der Waals surface area contributed by atoms with Crippen molar-refractivity contribution in [3.8, 4) is 0 Å². The van der Waals surface area contributed by atoms with Crippen LogP contribution in [0.4, 0.5) is 5.69 Å². The molecular formula is C21H19ClN2OS. The third-order valence-electron chi connectivity index (χ3n) is 4.57. The summed E-state index contributed by atoms with van der Waals surface area (Å²) in [5.74, 6) is 0.343. The molecule has 3 nitrogen and oxygen atoms in total. The van der Waals surface area contributed by atoms with Crippen LogP contribution in [0, 0.1) is 0 Å². The lowest BCUT2D eigenvalue weighted by Crippen LogP contribution is -2.15. The lowest BCUT2D eigenvalue weighted by molar-refractivity contribution is -0.113. The molecule has 1 N–H and O–H groups in total. The molecule has 26 heavy (non-hydrogen) atoms. The van der Waals surface area contributed by atoms with E-state index in [1.165, 1.54) is 29.0 Å². The number of aromatic nitrogens is 1. The van der Waals surface area contributed by atoms with E-state index in [9.17, 15) is 4.79 Å². The topological polar surface area (TPSA) is 42.0 Å². The summed E-state index contributed by atoms with van der Waals surface area (Å²) >= 11 is 7.59. The lowest BCUT2D eigenvalue weighted by Gasteiger charge is -2.20. The Kier molecular flexibility index (Phi) is 5.14. The van der Waals surface area contributed by atoms with Crippen molar-refractivity contribution in [2.24, 2.45) is 0 Å². The van der Waals surface area contributed by atoms with Gasteiger partial charge in [-0.15, -0.1) is 11.8 Å². The zero-order chi connectivity index (χ0) is 17.9. The molecule has 1 heterocycles. The SMILES string of the molecule is O=C(CSc1c2c(nc3ccccc13)CCCC2)Nc1cccc(Cl)c1. The quantitative estimate of drug-likeness (QED) is 0.606. The van der Waals surface area contributed by atoms with E-state index < -0.39 is 0 Å². The van der Waals surface area contributed by atoms with Gasteiger partial charge in [0.25, 0.3) is 0 Å². The van der Waals surface area contributed by atoms with Crippen molar-refractivity contribution in [1.82, 2.24) is 4.98 Å². The van der Waals surface area contributed by atoms with E-state index in [0.717, 1.165) is 29.4 Å². The summed E-state index contributed by atoms with van der Waals surface area (Å²) in [5.41, 5.74) is 4.28. The van der Waals surface area contributed by atoms with Crippen LogP contribution in [0.5, 0.6) is 0 Å². The Morgan fingerprint density at radius 2 is 1.96 bits per heavy atom. The Hall–Kier alpha value is -2.04. The second kappa shape index (κ2) is 7.68. The highest BCUT2D eigenvalue weighted by Gasteiger charge is 2.19. The minimum atomic E-state index is -0.0253. The molecule has 132 valence electrons. The first-order valence-electron chi connectivity index (χ1n) is 8.79. The first kappa shape index (κ1) is 17.4. The maximum atomic E-state index is 12.4. The molecule has 0 saturated heterocycles. The van der Waals surface area contributed by atoms with Crippen molar-refractivity contribution in [3.05, 3.63) is 64.8 Å². The average Bonchev–Trinajstić information content (AvgIpc) is 2.65. The molecule has 0 radical (unpaired) electrons. The monoisotopic (exact) mass is 382 g/mol. The van der Waals surface area contributed by atoms with Crippen LogP contribution in [0.15, 0.2) is 53.4 Å². The number of hydrogen-bond donors (Lipinski definition) is 1. The van der Waals surface area contributed by atoms with Crippen molar-refractivity contribution < 1.29 is 4.79 Å². The summed E-state index contributed by atoms with van der Waals surface area (Å²) < 4.78 is 0. The highest BCUT2D eigenvalue weighted by Crippen LogP contribution is 2.36. The van der Waals surface area contributed by atoms with Crippen molar-refractivity contribution in [1.29, 1.82) is 0 Å². The molecule has 2 aromatic carbocycles. The number of pyridine rings is 1. The number of anilines is 1. The summed E-state index contributed by atoms with van der Waals surface area (Å²) in [7, 11) is 0. The zero-order valence-corrected chi connectivity index (χ0v) is 15.9. The summed E-state index contributed by atoms with van der Waals surface area (Å²) in [6.45, 7) is 0. The number of rotatable bonds is 4. The van der Waals surface area contributed by atoms with Crippen LogP contribution in [0.3, 0.4) is 0 Å². The van der Waals surface area contributed by atoms with Crippen molar-refractivity contribution >= 4 is 45.9 Å². The smallest absolute Gasteiger partial charge is 0.234 e. The maximum absolute atomic E-state index is 12.4. The molecule has 0 saturated carbocycles. The highest BCUT2D eigenvalue weighted by atomic mass is 35.5. The Morgan fingerprint density at radius 1 is 1.12 bits per heavy atom. The van der Waals surface area contributed by atoms with Crippen molar-refractivity contribution in [3.63, 3.8) is 0 Å². The molecule has 4 rings (SSSR count). The summed E-state index contributed by atoms with van der Waals surface area (Å²) in [6.07, 6.45) is 4.46. The molecule has 1 aliphatic carbocycles. The number of nitrogens with zero attached hydrogens (tertiary/aromatic N) is 1. The van der Waals surface area contributed by atoms with Gasteiger partial charge in [-0.2, -0.15) is 0 Å². The van der Waals surface area contributed by atoms with Gasteiger partial charge >= 0.3 is 0 Å². The molecule has 1 amide bonds. The lowest BCUT2D eigenvalue weighted by atomic mass is 9.94. The molecule has 0 bridgehead atoms.